The highest BCUT2D eigenvalue weighted by Crippen LogP contribution is 2.30. The first-order valence-corrected chi connectivity index (χ1v) is 8.74. The molecule has 0 saturated carbocycles. The van der Waals surface area contributed by atoms with E-state index in [0.29, 0.717) is 30.4 Å². The van der Waals surface area contributed by atoms with Crippen molar-refractivity contribution in [1.82, 2.24) is 29.2 Å². The number of pyridine rings is 1. The molecule has 0 spiro atoms. The van der Waals surface area contributed by atoms with Gasteiger partial charge in [-0.3, -0.25) is 14.5 Å². The molecule has 1 aliphatic heterocycles. The number of imidazole rings is 1. The average Bonchev–Trinajstić information content (AvgIpc) is 3.32. The molecular weight excluding hydrogens is 340 g/mol. The molecule has 0 unspecified atom stereocenters. The molecule has 8 heteroatoms. The lowest BCUT2D eigenvalue weighted by Crippen LogP contribution is -2.29. The van der Waals surface area contributed by atoms with Crippen LogP contribution in [0.5, 0.6) is 0 Å². The van der Waals surface area contributed by atoms with Crippen molar-refractivity contribution in [2.45, 2.75) is 25.8 Å². The molecule has 1 amide bonds. The molecule has 1 saturated heterocycles. The van der Waals surface area contributed by atoms with Crippen molar-refractivity contribution in [1.29, 1.82) is 0 Å². The van der Waals surface area contributed by atoms with Crippen molar-refractivity contribution in [2.24, 2.45) is 7.05 Å². The molecule has 1 atom stereocenters. The van der Waals surface area contributed by atoms with Gasteiger partial charge in [-0.25, -0.2) is 4.98 Å². The van der Waals surface area contributed by atoms with Gasteiger partial charge in [0.05, 0.1) is 22.3 Å². The van der Waals surface area contributed by atoms with Crippen molar-refractivity contribution < 1.29 is 4.79 Å². The summed E-state index contributed by atoms with van der Waals surface area (Å²) in [5.41, 5.74) is 2.27. The Morgan fingerprint density at radius 1 is 1.44 bits per heavy atom. The van der Waals surface area contributed by atoms with Crippen molar-refractivity contribution >= 4 is 28.5 Å². The molecule has 0 radical (unpaired) electrons. The molecule has 0 aliphatic carbocycles. The first-order chi connectivity index (χ1) is 12.1. The standard InChI is InChI=1S/C17H19ClN6O/c1-3-24-10-12(18)15(21-24)17(25)23-7-5-11(9-23)16-20-13-4-6-19-8-14(13)22(16)2/h4,6,8,10-11H,3,5,7,9H2,1-2H3/t11-/m0/s1. The summed E-state index contributed by atoms with van der Waals surface area (Å²) in [6, 6.07) is 1.91. The summed E-state index contributed by atoms with van der Waals surface area (Å²) in [6.07, 6.45) is 6.14. The highest BCUT2D eigenvalue weighted by molar-refractivity contribution is 6.33. The van der Waals surface area contributed by atoms with Crippen LogP contribution < -0.4 is 0 Å². The summed E-state index contributed by atoms with van der Waals surface area (Å²) in [5.74, 6) is 1.08. The number of nitrogens with zero attached hydrogens (tertiary/aromatic N) is 6. The molecule has 0 N–H and O–H groups in total. The Labute approximate surface area is 150 Å². The van der Waals surface area contributed by atoms with E-state index in [1.165, 1.54) is 0 Å². The molecule has 1 aliphatic rings. The van der Waals surface area contributed by atoms with Crippen LogP contribution in [0.25, 0.3) is 11.0 Å². The third kappa shape index (κ3) is 2.68. The number of likely N-dealkylation sites (tertiary alicyclic amines) is 1. The average molecular weight is 359 g/mol. The number of hydrogen-bond acceptors (Lipinski definition) is 4. The molecule has 25 heavy (non-hydrogen) atoms. The number of aryl methyl sites for hydroxylation is 2. The Hall–Kier alpha value is -2.41. The van der Waals surface area contributed by atoms with Gasteiger partial charge in [-0.15, -0.1) is 0 Å². The Morgan fingerprint density at radius 3 is 3.00 bits per heavy atom. The molecule has 4 heterocycles. The number of carbonyl (C=O) groups excluding carboxylic acids is 1. The van der Waals surface area contributed by atoms with Crippen LogP contribution in [-0.2, 0) is 13.6 Å². The van der Waals surface area contributed by atoms with E-state index in [-0.39, 0.29) is 11.8 Å². The Bertz CT molecular complexity index is 946. The van der Waals surface area contributed by atoms with Crippen LogP contribution >= 0.6 is 11.6 Å². The van der Waals surface area contributed by atoms with Crippen LogP contribution in [0.4, 0.5) is 0 Å². The molecular formula is C17H19ClN6O. The minimum Gasteiger partial charge on any atom is -0.336 e. The normalized spacial score (nSPS) is 17.6. The third-order valence-electron chi connectivity index (χ3n) is 4.80. The third-order valence-corrected chi connectivity index (χ3v) is 5.08. The van der Waals surface area contributed by atoms with Crippen LogP contribution in [0, 0.1) is 0 Å². The summed E-state index contributed by atoms with van der Waals surface area (Å²) in [4.78, 5) is 23.5. The lowest BCUT2D eigenvalue weighted by atomic mass is 10.1. The quantitative estimate of drug-likeness (QED) is 0.721. The van der Waals surface area contributed by atoms with E-state index in [1.54, 1.807) is 17.1 Å². The first kappa shape index (κ1) is 16.1. The van der Waals surface area contributed by atoms with Gasteiger partial charge >= 0.3 is 0 Å². The van der Waals surface area contributed by atoms with E-state index >= 15 is 0 Å². The van der Waals surface area contributed by atoms with Crippen LogP contribution in [0.2, 0.25) is 5.02 Å². The SMILES string of the molecule is CCn1cc(Cl)c(C(=O)N2CC[C@H](c3nc4ccncc4n3C)C2)n1. The monoisotopic (exact) mass is 358 g/mol. The van der Waals surface area contributed by atoms with Gasteiger partial charge in [-0.2, -0.15) is 5.10 Å². The minimum absolute atomic E-state index is 0.111. The van der Waals surface area contributed by atoms with Gasteiger partial charge < -0.3 is 9.47 Å². The highest BCUT2D eigenvalue weighted by atomic mass is 35.5. The van der Waals surface area contributed by atoms with Crippen LogP contribution in [0.3, 0.4) is 0 Å². The fraction of sp³-hybridized carbons (Fsp3) is 0.412. The summed E-state index contributed by atoms with van der Waals surface area (Å²) < 4.78 is 3.75. The first-order valence-electron chi connectivity index (χ1n) is 8.37. The Morgan fingerprint density at radius 2 is 2.28 bits per heavy atom. The van der Waals surface area contributed by atoms with E-state index in [9.17, 15) is 4.79 Å². The number of aromatic nitrogens is 5. The summed E-state index contributed by atoms with van der Waals surface area (Å²) in [6.45, 7) is 3.95. The van der Waals surface area contributed by atoms with Gasteiger partial charge in [0.1, 0.15) is 5.82 Å². The lowest BCUT2D eigenvalue weighted by molar-refractivity contribution is 0.0784. The van der Waals surface area contributed by atoms with Crippen molar-refractivity contribution in [3.63, 3.8) is 0 Å². The number of halogens is 1. The molecule has 1 fully saturated rings. The fourth-order valence-electron chi connectivity index (χ4n) is 3.43. The number of carbonyl (C=O) groups is 1. The van der Waals surface area contributed by atoms with Gasteiger partial charge in [0.2, 0.25) is 0 Å². The van der Waals surface area contributed by atoms with Crippen LogP contribution in [0.15, 0.2) is 24.7 Å². The van der Waals surface area contributed by atoms with Crippen molar-refractivity contribution in [3.8, 4) is 0 Å². The minimum atomic E-state index is -0.111. The molecule has 0 bridgehead atoms. The number of amides is 1. The highest BCUT2D eigenvalue weighted by Gasteiger charge is 2.32. The van der Waals surface area contributed by atoms with E-state index in [4.69, 9.17) is 16.6 Å². The zero-order chi connectivity index (χ0) is 17.6. The van der Waals surface area contributed by atoms with Crippen molar-refractivity contribution in [2.75, 3.05) is 13.1 Å². The van der Waals surface area contributed by atoms with Gasteiger partial charge in [-0.1, -0.05) is 11.6 Å². The van der Waals surface area contributed by atoms with Gasteiger partial charge in [0, 0.05) is 45.0 Å². The molecule has 0 aromatic carbocycles. The maximum absolute atomic E-state index is 12.8. The van der Waals surface area contributed by atoms with Crippen LogP contribution in [-0.4, -0.2) is 48.2 Å². The molecule has 3 aromatic rings. The van der Waals surface area contributed by atoms with Gasteiger partial charge in [-0.05, 0) is 19.4 Å². The second-order valence-corrected chi connectivity index (χ2v) is 6.72. The summed E-state index contributed by atoms with van der Waals surface area (Å²) >= 11 is 6.17. The van der Waals surface area contributed by atoms with Gasteiger partial charge in [0.15, 0.2) is 5.69 Å². The topological polar surface area (TPSA) is 68.8 Å². The number of fused-ring (bicyclic) bond motifs is 1. The predicted molar refractivity (Wildman–Crippen MR) is 94.7 cm³/mol. The zero-order valence-electron chi connectivity index (χ0n) is 14.2. The number of rotatable bonds is 3. The van der Waals surface area contributed by atoms with E-state index in [0.717, 1.165) is 23.3 Å². The lowest BCUT2D eigenvalue weighted by Gasteiger charge is -2.15. The molecule has 4 rings (SSSR count). The Kier molecular flexibility index (Phi) is 3.95. The fourth-order valence-corrected chi connectivity index (χ4v) is 3.66. The maximum atomic E-state index is 12.8. The smallest absolute Gasteiger partial charge is 0.275 e. The van der Waals surface area contributed by atoms with E-state index < -0.39 is 0 Å². The summed E-state index contributed by atoms with van der Waals surface area (Å²) in [5, 5.41) is 4.69. The number of hydrogen-bond donors (Lipinski definition) is 0. The largest absolute Gasteiger partial charge is 0.336 e. The van der Waals surface area contributed by atoms with E-state index in [1.807, 2.05) is 31.1 Å². The maximum Gasteiger partial charge on any atom is 0.275 e. The van der Waals surface area contributed by atoms with Crippen molar-refractivity contribution in [3.05, 3.63) is 41.2 Å². The second-order valence-electron chi connectivity index (χ2n) is 6.31. The molecule has 7 nitrogen and oxygen atoms in total. The van der Waals surface area contributed by atoms with E-state index in [2.05, 4.69) is 14.6 Å². The predicted octanol–water partition coefficient (Wildman–Crippen LogP) is 2.47. The molecule has 3 aromatic heterocycles. The summed E-state index contributed by atoms with van der Waals surface area (Å²) in [7, 11) is 2.00. The Balaban J connectivity index is 1.57. The van der Waals surface area contributed by atoms with Crippen LogP contribution in [0.1, 0.15) is 35.6 Å². The zero-order valence-corrected chi connectivity index (χ0v) is 14.9. The molecule has 130 valence electrons. The second kappa shape index (κ2) is 6.15. The van der Waals surface area contributed by atoms with Gasteiger partial charge in [0.25, 0.3) is 5.91 Å².